The fraction of sp³-hybridized carbons (Fsp3) is 0.444. The van der Waals surface area contributed by atoms with Gasteiger partial charge in [0.15, 0.2) is 11.5 Å². The van der Waals surface area contributed by atoms with E-state index in [0.717, 1.165) is 35.6 Å². The number of hydrazone groups is 1. The van der Waals surface area contributed by atoms with E-state index in [4.69, 9.17) is 15.2 Å². The summed E-state index contributed by atoms with van der Waals surface area (Å²) >= 11 is 1.24. The molecule has 10 heteroatoms. The van der Waals surface area contributed by atoms with Crippen molar-refractivity contribution in [3.05, 3.63) is 53.6 Å². The Kier molecular flexibility index (Phi) is 8.60. The van der Waals surface area contributed by atoms with Crippen molar-refractivity contribution in [1.82, 2.24) is 10.3 Å². The number of hydrogen-bond acceptors (Lipinski definition) is 8. The van der Waals surface area contributed by atoms with Gasteiger partial charge in [0.25, 0.3) is 0 Å². The van der Waals surface area contributed by atoms with Crippen LogP contribution in [0.1, 0.15) is 31.9 Å². The Morgan fingerprint density at radius 1 is 1.19 bits per heavy atom. The molecule has 1 fully saturated rings. The third-order valence-corrected chi connectivity index (χ3v) is 7.41. The van der Waals surface area contributed by atoms with Crippen LogP contribution in [-0.2, 0) is 11.3 Å². The lowest BCUT2D eigenvalue weighted by Gasteiger charge is -2.37. The zero-order valence-electron chi connectivity index (χ0n) is 21.8. The summed E-state index contributed by atoms with van der Waals surface area (Å²) in [7, 11) is 1.62. The molecule has 2 heterocycles. The molecule has 0 radical (unpaired) electrons. The molecule has 0 spiro atoms. The van der Waals surface area contributed by atoms with Crippen molar-refractivity contribution in [2.75, 3.05) is 37.4 Å². The number of ether oxygens (including phenoxy) is 2. The number of methoxy groups -OCH3 is 1. The van der Waals surface area contributed by atoms with Crippen molar-refractivity contribution >= 4 is 34.3 Å². The van der Waals surface area contributed by atoms with E-state index in [1.165, 1.54) is 16.8 Å². The fourth-order valence-electron chi connectivity index (χ4n) is 4.39. The Morgan fingerprint density at radius 2 is 1.95 bits per heavy atom. The van der Waals surface area contributed by atoms with E-state index in [0.29, 0.717) is 30.3 Å². The normalized spacial score (nSPS) is 19.0. The van der Waals surface area contributed by atoms with Gasteiger partial charge in [-0.15, -0.1) is 0 Å². The van der Waals surface area contributed by atoms with Gasteiger partial charge in [0.05, 0.1) is 31.4 Å². The van der Waals surface area contributed by atoms with Crippen LogP contribution in [-0.4, -0.2) is 66.5 Å². The predicted octanol–water partition coefficient (Wildman–Crippen LogP) is 3.46. The second-order valence-electron chi connectivity index (χ2n) is 9.56. The van der Waals surface area contributed by atoms with Crippen LogP contribution < -0.4 is 25.4 Å². The summed E-state index contributed by atoms with van der Waals surface area (Å²) in [6.07, 6.45) is 0.00602. The number of amides is 2. The zero-order chi connectivity index (χ0) is 26.5. The number of hydrogen-bond donors (Lipinski definition) is 2. The van der Waals surface area contributed by atoms with Gasteiger partial charge in [-0.1, -0.05) is 30.8 Å². The molecular weight excluding hydrogens is 490 g/mol. The molecule has 4 rings (SSSR count). The molecule has 198 valence electrons. The fourth-order valence-corrected chi connectivity index (χ4v) is 5.13. The summed E-state index contributed by atoms with van der Waals surface area (Å²) in [5.74, 6) is 1.28. The lowest BCUT2D eigenvalue weighted by Crippen LogP contribution is -2.55. The Morgan fingerprint density at radius 3 is 2.62 bits per heavy atom. The zero-order valence-corrected chi connectivity index (χ0v) is 22.6. The number of nitrogens with zero attached hydrogens (tertiary/aromatic N) is 3. The largest absolute Gasteiger partial charge is 0.493 e. The maximum absolute atomic E-state index is 12.6. The van der Waals surface area contributed by atoms with Gasteiger partial charge in [-0.25, -0.2) is 5.01 Å². The Labute approximate surface area is 222 Å². The second kappa shape index (κ2) is 11.9. The summed E-state index contributed by atoms with van der Waals surface area (Å²) in [6, 6.07) is 13.9. The van der Waals surface area contributed by atoms with Crippen molar-refractivity contribution in [2.45, 2.75) is 39.5 Å². The molecule has 0 bridgehead atoms. The molecule has 9 nitrogen and oxygen atoms in total. The van der Waals surface area contributed by atoms with E-state index in [-0.39, 0.29) is 29.2 Å². The van der Waals surface area contributed by atoms with Crippen LogP contribution in [0.3, 0.4) is 0 Å². The van der Waals surface area contributed by atoms with Crippen LogP contribution in [0.15, 0.2) is 47.6 Å². The van der Waals surface area contributed by atoms with E-state index < -0.39 is 0 Å². The molecule has 3 N–H and O–H groups in total. The average molecular weight is 526 g/mol. The first-order valence-corrected chi connectivity index (χ1v) is 13.5. The second-order valence-corrected chi connectivity index (χ2v) is 10.5. The number of thioether (sulfide) groups is 1. The number of piperazine rings is 1. The molecule has 1 saturated heterocycles. The quantitative estimate of drug-likeness (QED) is 0.516. The third kappa shape index (κ3) is 6.56. The molecule has 2 aliphatic heterocycles. The highest BCUT2D eigenvalue weighted by Gasteiger charge is 2.28. The number of benzene rings is 2. The van der Waals surface area contributed by atoms with Gasteiger partial charge in [0.2, 0.25) is 5.91 Å². The molecule has 2 atom stereocenters. The summed E-state index contributed by atoms with van der Waals surface area (Å²) in [5.41, 5.74) is 9.27. The van der Waals surface area contributed by atoms with Crippen molar-refractivity contribution < 1.29 is 19.1 Å². The SMILES string of the molecule is COc1ccc(C2=NN(Cc3ccc(N4CCNC(C(C)C(N)=O)C4)cc3)C(=O)SC2)cc1OC(C)C. The molecule has 0 aromatic heterocycles. The first-order valence-electron chi connectivity index (χ1n) is 12.5. The molecule has 2 aromatic carbocycles. The topological polar surface area (TPSA) is 109 Å². The minimum atomic E-state index is -0.294. The summed E-state index contributed by atoms with van der Waals surface area (Å²) < 4.78 is 11.3. The van der Waals surface area contributed by atoms with Crippen LogP contribution in [0, 0.1) is 5.92 Å². The van der Waals surface area contributed by atoms with Crippen molar-refractivity contribution in [1.29, 1.82) is 0 Å². The van der Waals surface area contributed by atoms with Gasteiger partial charge in [-0.2, -0.15) is 5.10 Å². The van der Waals surface area contributed by atoms with Crippen LogP contribution in [0.25, 0.3) is 0 Å². The maximum Gasteiger partial charge on any atom is 0.302 e. The van der Waals surface area contributed by atoms with E-state index >= 15 is 0 Å². The van der Waals surface area contributed by atoms with E-state index in [1.807, 2.05) is 51.1 Å². The van der Waals surface area contributed by atoms with Gasteiger partial charge in [-0.05, 0) is 49.7 Å². The third-order valence-electron chi connectivity index (χ3n) is 6.54. The van der Waals surface area contributed by atoms with Gasteiger partial charge in [0, 0.05) is 42.7 Å². The van der Waals surface area contributed by atoms with Crippen LogP contribution in [0.4, 0.5) is 10.5 Å². The lowest BCUT2D eigenvalue weighted by molar-refractivity contribution is -0.122. The number of primary amides is 1. The summed E-state index contributed by atoms with van der Waals surface area (Å²) in [6.45, 7) is 8.52. The highest BCUT2D eigenvalue weighted by molar-refractivity contribution is 8.14. The number of nitrogens with one attached hydrogen (secondary N) is 1. The minimum absolute atomic E-state index is 0.00602. The van der Waals surface area contributed by atoms with Crippen LogP contribution >= 0.6 is 11.8 Å². The lowest BCUT2D eigenvalue weighted by atomic mass is 9.98. The van der Waals surface area contributed by atoms with Crippen LogP contribution in [0.5, 0.6) is 11.5 Å². The van der Waals surface area contributed by atoms with Gasteiger partial charge < -0.3 is 25.4 Å². The van der Waals surface area contributed by atoms with Gasteiger partial charge >= 0.3 is 5.24 Å². The molecular formula is C27H35N5O4S. The Bertz CT molecular complexity index is 1150. The van der Waals surface area contributed by atoms with Gasteiger partial charge in [-0.3, -0.25) is 9.59 Å². The molecule has 2 amide bonds. The van der Waals surface area contributed by atoms with E-state index in [1.54, 1.807) is 7.11 Å². The van der Waals surface area contributed by atoms with Crippen LogP contribution in [0.2, 0.25) is 0 Å². The van der Waals surface area contributed by atoms with Gasteiger partial charge in [0.1, 0.15) is 0 Å². The Hall–Kier alpha value is -3.24. The summed E-state index contributed by atoms with van der Waals surface area (Å²) in [5, 5.41) is 9.51. The monoisotopic (exact) mass is 525 g/mol. The van der Waals surface area contributed by atoms with Crippen molar-refractivity contribution in [3.8, 4) is 11.5 Å². The number of carbonyl (C=O) groups is 2. The smallest absolute Gasteiger partial charge is 0.302 e. The van der Waals surface area contributed by atoms with Crippen molar-refractivity contribution in [2.24, 2.45) is 16.8 Å². The molecule has 2 unspecified atom stereocenters. The van der Waals surface area contributed by atoms with E-state index in [2.05, 4.69) is 27.5 Å². The van der Waals surface area contributed by atoms with E-state index in [9.17, 15) is 9.59 Å². The number of anilines is 1. The highest BCUT2D eigenvalue weighted by Crippen LogP contribution is 2.31. The average Bonchev–Trinajstić information content (AvgIpc) is 2.89. The molecule has 0 saturated carbocycles. The molecule has 0 aliphatic carbocycles. The Balaban J connectivity index is 1.46. The minimum Gasteiger partial charge on any atom is -0.493 e. The maximum atomic E-state index is 12.6. The molecule has 37 heavy (non-hydrogen) atoms. The number of rotatable bonds is 9. The molecule has 2 aliphatic rings. The number of carbonyl (C=O) groups excluding carboxylic acids is 2. The van der Waals surface area contributed by atoms with Crippen molar-refractivity contribution in [3.63, 3.8) is 0 Å². The first-order chi connectivity index (χ1) is 17.7. The highest BCUT2D eigenvalue weighted by atomic mass is 32.2. The predicted molar refractivity (Wildman–Crippen MR) is 147 cm³/mol. The number of nitrogens with two attached hydrogens (primary N) is 1. The summed E-state index contributed by atoms with van der Waals surface area (Å²) in [4.78, 5) is 26.5. The first kappa shape index (κ1) is 26.8. The molecule has 2 aromatic rings. The standard InChI is InChI=1S/C27H35N5O4S/c1-17(2)36-25-13-20(7-10-24(25)35-4)23-16-37-27(34)32(30-23)14-19-5-8-21(9-6-19)31-12-11-29-22(15-31)18(3)26(28)33/h5-10,13,17-18,22,29H,11-12,14-16H2,1-4H3,(H2,28,33).